The highest BCUT2D eigenvalue weighted by molar-refractivity contribution is 6.04. The summed E-state index contributed by atoms with van der Waals surface area (Å²) < 4.78 is 114. The van der Waals surface area contributed by atoms with Crippen molar-refractivity contribution in [3.63, 3.8) is 0 Å². The van der Waals surface area contributed by atoms with Gasteiger partial charge in [-0.05, 0) is 67.6 Å². The molecule has 1 heterocycles. The highest BCUT2D eigenvalue weighted by Crippen LogP contribution is 2.64. The van der Waals surface area contributed by atoms with E-state index in [-0.39, 0.29) is 39.0 Å². The number of benzene rings is 4. The summed E-state index contributed by atoms with van der Waals surface area (Å²) in [6.07, 6.45) is 6.82. The summed E-state index contributed by atoms with van der Waals surface area (Å²) in [6, 6.07) is 25.0. The molecule has 0 amide bonds. The zero-order chi connectivity index (χ0) is 38.4. The number of hydrogen-bond donors (Lipinski definition) is 0. The number of rotatable bonds is 7. The number of alkyl halides is 6. The van der Waals surface area contributed by atoms with Gasteiger partial charge in [-0.25, -0.2) is 0 Å². The molecule has 0 N–H and O–H groups in total. The normalized spacial score (nSPS) is 14.9. The number of halogens is 6. The lowest BCUT2D eigenvalue weighted by Gasteiger charge is -2.26. The molecule has 12 heteroatoms. The van der Waals surface area contributed by atoms with Crippen molar-refractivity contribution < 1.29 is 45.0 Å². The molecule has 1 aliphatic carbocycles. The Bertz CT molecular complexity index is 2210. The fraction of sp³-hybridized carbons (Fsp3) is 0.200. The molecule has 0 saturated heterocycles. The average molecular weight is 717 g/mol. The van der Waals surface area contributed by atoms with E-state index in [1.807, 2.05) is 24.3 Å². The van der Waals surface area contributed by atoms with E-state index in [0.717, 1.165) is 12.9 Å². The molecule has 1 aromatic heterocycles. The van der Waals surface area contributed by atoms with Gasteiger partial charge in [0, 0.05) is 39.6 Å². The van der Waals surface area contributed by atoms with Gasteiger partial charge < -0.3 is 18.6 Å². The van der Waals surface area contributed by atoms with Crippen LogP contribution in [-0.4, -0.2) is 39.1 Å². The molecule has 5 aromatic rings. The first-order chi connectivity index (χ1) is 24.8. The van der Waals surface area contributed by atoms with E-state index in [1.165, 1.54) is 73.3 Å². The largest absolute Gasteiger partial charge is 0.497 e. The number of nitriles is 2. The Morgan fingerprint density at radius 3 is 1.77 bits per heavy atom. The third-order valence-electron chi connectivity index (χ3n) is 8.31. The Balaban J connectivity index is 0.000000475. The molecule has 1 aliphatic rings. The highest BCUT2D eigenvalue weighted by atomic mass is 19.3. The standard InChI is InChI=1S/C30H18F6N2O3.C8H10O.C2H2/c1-39-19-11-9-16(10-12-19)27-25(24-18(15-38)6-4-8-23(24)41-27)26-21(28(31,32)30(35,36)29(26,33)34)13-20-17(14-37)5-3-7-22(20)40-2;1-7-3-5-8(9-2)6-4-7;1-2/h3-12H,13H2,1-2H3;3-6H,1-2H3;1-2H. The maximum Gasteiger partial charge on any atom is 0.380 e. The van der Waals surface area contributed by atoms with Crippen LogP contribution in [-0.2, 0) is 6.42 Å². The third kappa shape index (κ3) is 6.61. The van der Waals surface area contributed by atoms with Crippen LogP contribution in [0.25, 0.3) is 27.9 Å². The summed E-state index contributed by atoms with van der Waals surface area (Å²) in [5.41, 5.74) is -3.65. The SMILES string of the molecule is C#C.COc1ccc(-c2oc3cccc(C#N)c3c2C2=C(Cc3c(C#N)cccc3OC)C(F)(F)C(F)(F)C2(F)F)cc1.COc1ccc(C)cc1. The van der Waals surface area contributed by atoms with Crippen molar-refractivity contribution in [3.05, 3.63) is 118 Å². The van der Waals surface area contributed by atoms with Crippen molar-refractivity contribution in [2.45, 2.75) is 31.1 Å². The third-order valence-corrected chi connectivity index (χ3v) is 8.31. The van der Waals surface area contributed by atoms with E-state index in [0.29, 0.717) is 5.75 Å². The first-order valence-corrected chi connectivity index (χ1v) is 15.2. The van der Waals surface area contributed by atoms with Gasteiger partial charge in [-0.2, -0.15) is 36.9 Å². The van der Waals surface area contributed by atoms with Gasteiger partial charge in [-0.15, -0.1) is 12.8 Å². The lowest BCUT2D eigenvalue weighted by molar-refractivity contribution is -0.260. The quantitative estimate of drug-likeness (QED) is 0.123. The molecule has 52 heavy (non-hydrogen) atoms. The van der Waals surface area contributed by atoms with Crippen LogP contribution in [0, 0.1) is 42.4 Å². The van der Waals surface area contributed by atoms with Crippen molar-refractivity contribution in [3.8, 4) is 53.6 Å². The van der Waals surface area contributed by atoms with Gasteiger partial charge in [0.2, 0.25) is 0 Å². The molecule has 0 atom stereocenters. The molecule has 0 aliphatic heterocycles. The van der Waals surface area contributed by atoms with Gasteiger partial charge in [-0.3, -0.25) is 0 Å². The van der Waals surface area contributed by atoms with Crippen LogP contribution in [0.15, 0.2) is 94.9 Å². The Hall–Kier alpha value is -6.32. The fourth-order valence-corrected chi connectivity index (χ4v) is 5.72. The number of ether oxygens (including phenoxy) is 3. The molecular formula is C40H30F6N2O4. The highest BCUT2D eigenvalue weighted by Gasteiger charge is 2.80. The molecule has 266 valence electrons. The van der Waals surface area contributed by atoms with Gasteiger partial charge in [0.25, 0.3) is 0 Å². The number of hydrogen-bond acceptors (Lipinski definition) is 6. The molecule has 0 spiro atoms. The van der Waals surface area contributed by atoms with E-state index >= 15 is 26.3 Å². The van der Waals surface area contributed by atoms with Crippen LogP contribution in [0.2, 0.25) is 0 Å². The first-order valence-electron chi connectivity index (χ1n) is 15.2. The molecule has 6 nitrogen and oxygen atoms in total. The van der Waals surface area contributed by atoms with Crippen molar-refractivity contribution in [1.29, 1.82) is 10.5 Å². The van der Waals surface area contributed by atoms with E-state index in [9.17, 15) is 10.5 Å². The summed E-state index contributed by atoms with van der Waals surface area (Å²) in [5, 5.41) is 19.0. The van der Waals surface area contributed by atoms with Crippen LogP contribution in [0.1, 0.15) is 27.8 Å². The summed E-state index contributed by atoms with van der Waals surface area (Å²) in [7, 11) is 4.22. The van der Waals surface area contributed by atoms with E-state index < -0.39 is 46.7 Å². The Kier molecular flexibility index (Phi) is 11.3. The maximum absolute atomic E-state index is 15.8. The maximum atomic E-state index is 15.8. The minimum atomic E-state index is -5.86. The summed E-state index contributed by atoms with van der Waals surface area (Å²) in [4.78, 5) is 0. The summed E-state index contributed by atoms with van der Waals surface area (Å²) in [5.74, 6) is -15.9. The fourth-order valence-electron chi connectivity index (χ4n) is 5.72. The molecule has 6 rings (SSSR count). The topological polar surface area (TPSA) is 88.4 Å². The minimum Gasteiger partial charge on any atom is -0.497 e. The zero-order valence-corrected chi connectivity index (χ0v) is 28.2. The number of terminal acetylenes is 1. The predicted molar refractivity (Wildman–Crippen MR) is 184 cm³/mol. The van der Waals surface area contributed by atoms with Gasteiger partial charge in [0.05, 0.1) is 44.6 Å². The van der Waals surface area contributed by atoms with Gasteiger partial charge >= 0.3 is 17.8 Å². The lowest BCUT2D eigenvalue weighted by Crippen LogP contribution is -2.49. The Morgan fingerprint density at radius 1 is 0.692 bits per heavy atom. The van der Waals surface area contributed by atoms with Crippen molar-refractivity contribution in [2.24, 2.45) is 0 Å². The molecule has 4 aromatic carbocycles. The van der Waals surface area contributed by atoms with Crippen LogP contribution < -0.4 is 14.2 Å². The zero-order valence-electron chi connectivity index (χ0n) is 28.2. The van der Waals surface area contributed by atoms with E-state index in [2.05, 4.69) is 19.8 Å². The Labute approximate surface area is 296 Å². The molecule has 0 bridgehead atoms. The van der Waals surface area contributed by atoms with Gasteiger partial charge in [0.1, 0.15) is 28.6 Å². The summed E-state index contributed by atoms with van der Waals surface area (Å²) >= 11 is 0. The predicted octanol–water partition coefficient (Wildman–Crippen LogP) is 10.0. The van der Waals surface area contributed by atoms with Gasteiger partial charge in [0.15, 0.2) is 0 Å². The van der Waals surface area contributed by atoms with Crippen molar-refractivity contribution in [2.75, 3.05) is 21.3 Å². The minimum absolute atomic E-state index is 0.0806. The molecule has 0 fully saturated rings. The first kappa shape index (κ1) is 38.5. The lowest BCUT2D eigenvalue weighted by atomic mass is 9.89. The van der Waals surface area contributed by atoms with E-state index in [4.69, 9.17) is 18.6 Å². The summed E-state index contributed by atoms with van der Waals surface area (Å²) in [6.45, 7) is 2.06. The second kappa shape index (κ2) is 15.3. The van der Waals surface area contributed by atoms with Crippen LogP contribution in [0.4, 0.5) is 26.3 Å². The van der Waals surface area contributed by atoms with Crippen LogP contribution in [0.3, 0.4) is 0 Å². The monoisotopic (exact) mass is 716 g/mol. The second-order valence-electron chi connectivity index (χ2n) is 11.2. The molecule has 0 radical (unpaired) electrons. The molecular weight excluding hydrogens is 686 g/mol. The van der Waals surface area contributed by atoms with E-state index in [1.54, 1.807) is 19.2 Å². The number of aryl methyl sites for hydroxylation is 1. The molecule has 0 unspecified atom stereocenters. The average Bonchev–Trinajstić information content (AvgIpc) is 3.58. The smallest absolute Gasteiger partial charge is 0.380 e. The number of furan rings is 1. The molecule has 0 saturated carbocycles. The number of allylic oxidation sites excluding steroid dienone is 2. The number of nitrogens with zero attached hydrogens (tertiary/aromatic N) is 2. The Morgan fingerprint density at radius 2 is 1.23 bits per heavy atom. The van der Waals surface area contributed by atoms with Crippen LogP contribution >= 0.6 is 0 Å². The van der Waals surface area contributed by atoms with Gasteiger partial charge in [-0.1, -0.05) is 29.8 Å². The second-order valence-corrected chi connectivity index (χ2v) is 11.2. The van der Waals surface area contributed by atoms with Crippen molar-refractivity contribution in [1.82, 2.24) is 0 Å². The van der Waals surface area contributed by atoms with Crippen molar-refractivity contribution >= 4 is 16.5 Å². The van der Waals surface area contributed by atoms with Crippen LogP contribution in [0.5, 0.6) is 17.2 Å². The number of fused-ring (bicyclic) bond motifs is 1. The number of methoxy groups -OCH3 is 3.